The summed E-state index contributed by atoms with van der Waals surface area (Å²) in [6.45, 7) is 13.0. The molecule has 3 N–H and O–H groups in total. The van der Waals surface area contributed by atoms with E-state index in [0.717, 1.165) is 24.0 Å². The van der Waals surface area contributed by atoms with Gasteiger partial charge in [-0.15, -0.1) is 0 Å². The molecule has 220 valence electrons. The van der Waals surface area contributed by atoms with E-state index in [9.17, 15) is 14.7 Å². The maximum Gasteiger partial charge on any atom is 0.253 e. The molecule has 0 aliphatic carbocycles. The Morgan fingerprint density at radius 1 is 0.829 bits per heavy atom. The highest BCUT2D eigenvalue weighted by atomic mass is 16.3. The van der Waals surface area contributed by atoms with Crippen LogP contribution in [0.1, 0.15) is 84.9 Å². The van der Waals surface area contributed by atoms with Crippen LogP contribution in [0, 0.1) is 0 Å². The van der Waals surface area contributed by atoms with Crippen LogP contribution in [0.3, 0.4) is 0 Å². The standard InChI is InChI=1S/C35H47N3O3/c1-6-19-38(20-7-2)34(41)29-17-12-16-28(23-29)33(40)37-31(22-26-13-9-8-10-14-26)32(39)25-36-24-27-15-11-18-30(21-27)35(3,4)5/h8-18,21,23,31-32,36,39H,6-7,19-20,22,24-25H2,1-5H3,(H,37,40)/t31-,32+/m0/s1. The zero-order chi connectivity index (χ0) is 29.8. The van der Waals surface area contributed by atoms with Crippen molar-refractivity contribution in [2.45, 2.75) is 78.0 Å². The fraction of sp³-hybridized carbons (Fsp3) is 0.429. The van der Waals surface area contributed by atoms with E-state index in [1.54, 1.807) is 24.3 Å². The second kappa shape index (κ2) is 15.5. The van der Waals surface area contributed by atoms with Gasteiger partial charge in [-0.25, -0.2) is 0 Å². The smallest absolute Gasteiger partial charge is 0.253 e. The van der Waals surface area contributed by atoms with Gasteiger partial charge >= 0.3 is 0 Å². The van der Waals surface area contributed by atoms with Crippen LogP contribution in [0.2, 0.25) is 0 Å². The van der Waals surface area contributed by atoms with Crippen molar-refractivity contribution in [3.05, 3.63) is 107 Å². The van der Waals surface area contributed by atoms with Gasteiger partial charge in [0.2, 0.25) is 0 Å². The van der Waals surface area contributed by atoms with Crippen LogP contribution in [0.5, 0.6) is 0 Å². The molecule has 41 heavy (non-hydrogen) atoms. The number of carbonyl (C=O) groups is 2. The van der Waals surface area contributed by atoms with Crippen molar-refractivity contribution >= 4 is 11.8 Å². The Balaban J connectivity index is 1.71. The third-order valence-electron chi connectivity index (χ3n) is 7.20. The van der Waals surface area contributed by atoms with E-state index < -0.39 is 12.1 Å². The van der Waals surface area contributed by atoms with Gasteiger partial charge in [-0.2, -0.15) is 0 Å². The number of nitrogens with zero attached hydrogens (tertiary/aromatic N) is 1. The van der Waals surface area contributed by atoms with Gasteiger partial charge < -0.3 is 20.6 Å². The summed E-state index contributed by atoms with van der Waals surface area (Å²) >= 11 is 0. The van der Waals surface area contributed by atoms with Crippen LogP contribution in [-0.4, -0.2) is 53.6 Å². The highest BCUT2D eigenvalue weighted by Gasteiger charge is 2.23. The summed E-state index contributed by atoms with van der Waals surface area (Å²) in [4.78, 5) is 28.4. The molecule has 0 saturated heterocycles. The summed E-state index contributed by atoms with van der Waals surface area (Å²) in [6, 6.07) is 24.7. The lowest BCUT2D eigenvalue weighted by molar-refractivity contribution is 0.0755. The normalized spacial score (nSPS) is 12.9. The molecule has 0 saturated carbocycles. The summed E-state index contributed by atoms with van der Waals surface area (Å²) in [7, 11) is 0. The van der Waals surface area contributed by atoms with E-state index in [1.807, 2.05) is 35.2 Å². The molecule has 0 heterocycles. The zero-order valence-corrected chi connectivity index (χ0v) is 25.3. The van der Waals surface area contributed by atoms with Gasteiger partial charge in [0.1, 0.15) is 0 Å². The lowest BCUT2D eigenvalue weighted by Gasteiger charge is -2.25. The molecule has 3 aromatic rings. The zero-order valence-electron chi connectivity index (χ0n) is 25.3. The number of hydrogen-bond donors (Lipinski definition) is 3. The fourth-order valence-electron chi connectivity index (χ4n) is 4.89. The Morgan fingerprint density at radius 3 is 2.12 bits per heavy atom. The molecule has 0 fully saturated rings. The van der Waals surface area contributed by atoms with E-state index in [4.69, 9.17) is 0 Å². The van der Waals surface area contributed by atoms with Gasteiger partial charge in [-0.3, -0.25) is 9.59 Å². The number of benzene rings is 3. The molecule has 0 bridgehead atoms. The Kier molecular flexibility index (Phi) is 12.1. The second-order valence-electron chi connectivity index (χ2n) is 11.8. The molecular weight excluding hydrogens is 510 g/mol. The fourth-order valence-corrected chi connectivity index (χ4v) is 4.89. The molecule has 2 amide bonds. The Labute approximate surface area is 246 Å². The van der Waals surface area contributed by atoms with Gasteiger partial charge in [0.25, 0.3) is 11.8 Å². The van der Waals surface area contributed by atoms with Crippen molar-refractivity contribution < 1.29 is 14.7 Å². The number of hydrogen-bond acceptors (Lipinski definition) is 4. The number of aliphatic hydroxyl groups is 1. The van der Waals surface area contributed by atoms with Crippen molar-refractivity contribution in [2.24, 2.45) is 0 Å². The maximum atomic E-state index is 13.4. The van der Waals surface area contributed by atoms with Crippen LogP contribution in [0.4, 0.5) is 0 Å². The van der Waals surface area contributed by atoms with Crippen LogP contribution in [-0.2, 0) is 18.4 Å². The number of nitrogens with one attached hydrogen (secondary N) is 2. The molecule has 0 aromatic heterocycles. The average molecular weight is 558 g/mol. The van der Waals surface area contributed by atoms with Crippen molar-refractivity contribution in [2.75, 3.05) is 19.6 Å². The van der Waals surface area contributed by atoms with Crippen molar-refractivity contribution in [1.29, 1.82) is 0 Å². The number of rotatable bonds is 14. The topological polar surface area (TPSA) is 81.7 Å². The largest absolute Gasteiger partial charge is 0.390 e. The Bertz CT molecular complexity index is 1250. The van der Waals surface area contributed by atoms with E-state index >= 15 is 0 Å². The predicted octanol–water partition coefficient (Wildman–Crippen LogP) is 5.74. The minimum Gasteiger partial charge on any atom is -0.390 e. The molecular formula is C35H47N3O3. The predicted molar refractivity (Wildman–Crippen MR) is 167 cm³/mol. The minimum absolute atomic E-state index is 0.0623. The van der Waals surface area contributed by atoms with Gasteiger partial charge in [-0.05, 0) is 59.6 Å². The van der Waals surface area contributed by atoms with Crippen molar-refractivity contribution in [3.8, 4) is 0 Å². The summed E-state index contributed by atoms with van der Waals surface area (Å²) in [5, 5.41) is 17.6. The summed E-state index contributed by atoms with van der Waals surface area (Å²) in [5.74, 6) is -0.376. The first-order valence-electron chi connectivity index (χ1n) is 14.8. The summed E-state index contributed by atoms with van der Waals surface area (Å²) in [6.07, 6.45) is 1.41. The van der Waals surface area contributed by atoms with E-state index in [1.165, 1.54) is 5.56 Å². The molecule has 6 heteroatoms. The van der Waals surface area contributed by atoms with Crippen LogP contribution < -0.4 is 10.6 Å². The number of carbonyl (C=O) groups excluding carboxylic acids is 2. The van der Waals surface area contributed by atoms with Gasteiger partial charge in [0.05, 0.1) is 12.1 Å². The third kappa shape index (κ3) is 9.83. The van der Waals surface area contributed by atoms with Crippen LogP contribution in [0.25, 0.3) is 0 Å². The van der Waals surface area contributed by atoms with E-state index in [2.05, 4.69) is 69.5 Å². The number of amides is 2. The SMILES string of the molecule is CCCN(CCC)C(=O)c1cccc(C(=O)N[C@@H](Cc2ccccc2)[C@H](O)CNCc2cccc(C(C)(C)C)c2)c1. The highest BCUT2D eigenvalue weighted by molar-refractivity contribution is 5.99. The lowest BCUT2D eigenvalue weighted by atomic mass is 9.86. The molecule has 3 aromatic carbocycles. The van der Waals surface area contributed by atoms with Gasteiger partial charge in [0, 0.05) is 37.3 Å². The van der Waals surface area contributed by atoms with Crippen molar-refractivity contribution in [1.82, 2.24) is 15.5 Å². The van der Waals surface area contributed by atoms with E-state index in [-0.39, 0.29) is 17.2 Å². The Hall–Kier alpha value is -3.48. The van der Waals surface area contributed by atoms with Crippen LogP contribution in [0.15, 0.2) is 78.9 Å². The second-order valence-corrected chi connectivity index (χ2v) is 11.8. The Morgan fingerprint density at radius 2 is 1.46 bits per heavy atom. The maximum absolute atomic E-state index is 13.4. The molecule has 0 spiro atoms. The van der Waals surface area contributed by atoms with Gasteiger partial charge in [0.15, 0.2) is 0 Å². The minimum atomic E-state index is -0.820. The summed E-state index contributed by atoms with van der Waals surface area (Å²) in [5.41, 5.74) is 4.40. The molecule has 0 radical (unpaired) electrons. The molecule has 6 nitrogen and oxygen atoms in total. The first-order chi connectivity index (χ1) is 19.6. The molecule has 0 aliphatic rings. The molecule has 2 atom stereocenters. The first-order valence-corrected chi connectivity index (χ1v) is 14.8. The van der Waals surface area contributed by atoms with Crippen molar-refractivity contribution in [3.63, 3.8) is 0 Å². The lowest BCUT2D eigenvalue weighted by Crippen LogP contribution is -2.48. The molecule has 0 unspecified atom stereocenters. The highest BCUT2D eigenvalue weighted by Crippen LogP contribution is 2.22. The summed E-state index contributed by atoms with van der Waals surface area (Å²) < 4.78 is 0. The molecule has 0 aliphatic heterocycles. The molecule has 3 rings (SSSR count). The number of aliphatic hydroxyl groups excluding tert-OH is 1. The third-order valence-corrected chi connectivity index (χ3v) is 7.20. The van der Waals surface area contributed by atoms with E-state index in [0.29, 0.717) is 43.7 Å². The first kappa shape index (κ1) is 32.0. The van der Waals surface area contributed by atoms with Gasteiger partial charge in [-0.1, -0.05) is 95.3 Å². The average Bonchev–Trinajstić information content (AvgIpc) is 2.96. The van der Waals surface area contributed by atoms with Crippen LogP contribution >= 0.6 is 0 Å². The quantitative estimate of drug-likeness (QED) is 0.236. The monoisotopic (exact) mass is 557 g/mol.